The van der Waals surface area contributed by atoms with Crippen LogP contribution in [0.4, 0.5) is 5.69 Å². The fraction of sp³-hybridized carbons (Fsp3) is 0.273. The van der Waals surface area contributed by atoms with Gasteiger partial charge in [0.1, 0.15) is 11.8 Å². The molecule has 162 valence electrons. The lowest BCUT2D eigenvalue weighted by atomic mass is 10.1. The van der Waals surface area contributed by atoms with E-state index >= 15 is 0 Å². The van der Waals surface area contributed by atoms with E-state index in [2.05, 4.69) is 21.3 Å². The van der Waals surface area contributed by atoms with E-state index in [9.17, 15) is 14.4 Å². The summed E-state index contributed by atoms with van der Waals surface area (Å²) in [6, 6.07) is 13.6. The Kier molecular flexibility index (Phi) is 6.54. The Balaban J connectivity index is 1.60. The Labute approximate surface area is 180 Å². The molecule has 9 heteroatoms. The molecule has 2 unspecified atom stereocenters. The lowest BCUT2D eigenvalue weighted by Gasteiger charge is -2.30. The van der Waals surface area contributed by atoms with Crippen molar-refractivity contribution in [3.05, 3.63) is 59.7 Å². The highest BCUT2D eigenvalue weighted by atomic mass is 16.5. The minimum atomic E-state index is -0.844. The molecule has 0 saturated heterocycles. The van der Waals surface area contributed by atoms with Crippen molar-refractivity contribution in [3.63, 3.8) is 0 Å². The molecule has 31 heavy (non-hydrogen) atoms. The number of rotatable bonds is 5. The minimum Gasteiger partial charge on any atom is -0.481 e. The van der Waals surface area contributed by atoms with Gasteiger partial charge in [0.05, 0.1) is 5.69 Å². The summed E-state index contributed by atoms with van der Waals surface area (Å²) in [5.74, 6) is -1.03. The third-order valence-electron chi connectivity index (χ3n) is 4.87. The molecule has 0 aromatic heterocycles. The van der Waals surface area contributed by atoms with Crippen LogP contribution in [0.15, 0.2) is 53.5 Å². The van der Waals surface area contributed by atoms with E-state index in [0.717, 1.165) is 11.1 Å². The number of carbonyl (C=O) groups excluding carboxylic acids is 3. The molecule has 2 atom stereocenters. The molecule has 2 aromatic carbocycles. The van der Waals surface area contributed by atoms with Crippen LogP contribution in [0.1, 0.15) is 25.0 Å². The number of benzene rings is 2. The molecule has 1 aliphatic heterocycles. The van der Waals surface area contributed by atoms with Crippen molar-refractivity contribution in [3.8, 4) is 5.75 Å². The third-order valence-corrected chi connectivity index (χ3v) is 4.87. The summed E-state index contributed by atoms with van der Waals surface area (Å²) >= 11 is 0. The van der Waals surface area contributed by atoms with Crippen molar-refractivity contribution in [1.82, 2.24) is 16.3 Å². The standard InChI is InChI=1S/C22H25N5O4/c1-13-9-8-12-18(14(13)2)31-16(4)20(28)24-25-21(29)19-23-15(3)22(30)27(26-19)17-10-6-5-7-11-17/h5-12,15-16H,1-4H3,(H,23,26)(H,24,28)(H,25,29). The van der Waals surface area contributed by atoms with Crippen LogP contribution in [0.3, 0.4) is 0 Å². The first-order chi connectivity index (χ1) is 14.8. The van der Waals surface area contributed by atoms with Gasteiger partial charge in [-0.15, -0.1) is 0 Å². The van der Waals surface area contributed by atoms with Crippen molar-refractivity contribution < 1.29 is 19.1 Å². The second-order valence-electron chi connectivity index (χ2n) is 7.18. The van der Waals surface area contributed by atoms with Gasteiger partial charge in [0, 0.05) is 0 Å². The molecule has 3 N–H and O–H groups in total. The van der Waals surface area contributed by atoms with Crippen LogP contribution in [0.25, 0.3) is 0 Å². The highest BCUT2D eigenvalue weighted by molar-refractivity contribution is 6.39. The van der Waals surface area contributed by atoms with Gasteiger partial charge in [-0.3, -0.25) is 30.7 Å². The predicted octanol–water partition coefficient (Wildman–Crippen LogP) is 1.56. The van der Waals surface area contributed by atoms with Gasteiger partial charge in [0.25, 0.3) is 11.8 Å². The fourth-order valence-corrected chi connectivity index (χ4v) is 2.88. The predicted molar refractivity (Wildman–Crippen MR) is 116 cm³/mol. The Morgan fingerprint density at radius 2 is 1.81 bits per heavy atom. The quantitative estimate of drug-likeness (QED) is 0.632. The average Bonchev–Trinajstić information content (AvgIpc) is 2.77. The van der Waals surface area contributed by atoms with E-state index in [0.29, 0.717) is 11.4 Å². The van der Waals surface area contributed by atoms with E-state index in [-0.39, 0.29) is 11.7 Å². The lowest BCUT2D eigenvalue weighted by molar-refractivity contribution is -0.131. The zero-order valence-electron chi connectivity index (χ0n) is 17.8. The van der Waals surface area contributed by atoms with Gasteiger partial charge in [-0.05, 0) is 57.0 Å². The number of amidine groups is 1. The Hall–Kier alpha value is -3.88. The molecule has 9 nitrogen and oxygen atoms in total. The largest absolute Gasteiger partial charge is 0.481 e. The van der Waals surface area contributed by atoms with E-state index in [1.54, 1.807) is 44.2 Å². The van der Waals surface area contributed by atoms with Gasteiger partial charge in [-0.25, -0.2) is 10.0 Å². The van der Waals surface area contributed by atoms with Crippen LogP contribution in [-0.4, -0.2) is 35.7 Å². The van der Waals surface area contributed by atoms with E-state index < -0.39 is 24.0 Å². The van der Waals surface area contributed by atoms with Gasteiger partial charge in [-0.1, -0.05) is 30.3 Å². The molecule has 0 radical (unpaired) electrons. The SMILES string of the molecule is Cc1cccc(OC(C)C(=O)NNC(=O)C2=NC(C)C(=O)N(c3ccccc3)N2)c1C. The summed E-state index contributed by atoms with van der Waals surface area (Å²) in [6.07, 6.45) is -0.844. The lowest BCUT2D eigenvalue weighted by Crippen LogP contribution is -2.60. The number of anilines is 1. The summed E-state index contributed by atoms with van der Waals surface area (Å²) < 4.78 is 5.71. The van der Waals surface area contributed by atoms with E-state index in [1.807, 2.05) is 32.0 Å². The van der Waals surface area contributed by atoms with Crippen LogP contribution in [0, 0.1) is 13.8 Å². The zero-order chi connectivity index (χ0) is 22.5. The highest BCUT2D eigenvalue weighted by Crippen LogP contribution is 2.21. The normalized spacial score (nSPS) is 16.6. The Morgan fingerprint density at radius 3 is 2.52 bits per heavy atom. The van der Waals surface area contributed by atoms with Gasteiger partial charge in [0.2, 0.25) is 5.84 Å². The van der Waals surface area contributed by atoms with Gasteiger partial charge in [0.15, 0.2) is 6.10 Å². The number of aliphatic imine (C=N–C) groups is 1. The second kappa shape index (κ2) is 9.29. The topological polar surface area (TPSA) is 112 Å². The number of carbonyl (C=O) groups is 3. The summed E-state index contributed by atoms with van der Waals surface area (Å²) in [4.78, 5) is 41.4. The van der Waals surface area contributed by atoms with Crippen molar-refractivity contribution in [2.45, 2.75) is 39.8 Å². The molecule has 1 heterocycles. The van der Waals surface area contributed by atoms with Crippen molar-refractivity contribution >= 4 is 29.2 Å². The zero-order valence-corrected chi connectivity index (χ0v) is 17.8. The molecular formula is C22H25N5O4. The van der Waals surface area contributed by atoms with Crippen LogP contribution in [0.5, 0.6) is 5.75 Å². The maximum atomic E-state index is 12.5. The molecular weight excluding hydrogens is 398 g/mol. The number of nitrogens with one attached hydrogen (secondary N) is 3. The summed E-state index contributed by atoms with van der Waals surface area (Å²) in [5, 5.41) is 1.25. The van der Waals surface area contributed by atoms with E-state index in [4.69, 9.17) is 4.74 Å². The number of amides is 3. The molecule has 0 aliphatic carbocycles. The van der Waals surface area contributed by atoms with Gasteiger partial charge < -0.3 is 4.74 Å². The number of nitrogens with zero attached hydrogens (tertiary/aromatic N) is 2. The summed E-state index contributed by atoms with van der Waals surface area (Å²) in [7, 11) is 0. The number of aryl methyl sites for hydroxylation is 1. The maximum Gasteiger partial charge on any atom is 0.306 e. The first-order valence-corrected chi connectivity index (χ1v) is 9.84. The average molecular weight is 423 g/mol. The number of hydrogen-bond acceptors (Lipinski definition) is 6. The monoisotopic (exact) mass is 423 g/mol. The number of ether oxygens (including phenoxy) is 1. The first-order valence-electron chi connectivity index (χ1n) is 9.84. The Bertz CT molecular complexity index is 1020. The van der Waals surface area contributed by atoms with E-state index in [1.165, 1.54) is 5.01 Å². The smallest absolute Gasteiger partial charge is 0.306 e. The van der Waals surface area contributed by atoms with Crippen molar-refractivity contribution in [2.75, 3.05) is 5.01 Å². The summed E-state index contributed by atoms with van der Waals surface area (Å²) in [6.45, 7) is 7.03. The molecule has 0 fully saturated rings. The molecule has 3 amide bonds. The number of hydrogen-bond donors (Lipinski definition) is 3. The third kappa shape index (κ3) is 5.00. The molecule has 0 spiro atoms. The van der Waals surface area contributed by atoms with Crippen LogP contribution in [-0.2, 0) is 14.4 Å². The van der Waals surface area contributed by atoms with Crippen LogP contribution >= 0.6 is 0 Å². The van der Waals surface area contributed by atoms with Crippen molar-refractivity contribution in [2.24, 2.45) is 4.99 Å². The summed E-state index contributed by atoms with van der Waals surface area (Å²) in [5.41, 5.74) is 9.88. The van der Waals surface area contributed by atoms with Crippen LogP contribution in [0.2, 0.25) is 0 Å². The van der Waals surface area contributed by atoms with Crippen molar-refractivity contribution in [1.29, 1.82) is 0 Å². The Morgan fingerprint density at radius 1 is 1.10 bits per heavy atom. The number of hydrazine groups is 2. The molecule has 1 aliphatic rings. The molecule has 2 aromatic rings. The number of para-hydroxylation sites is 1. The van der Waals surface area contributed by atoms with Crippen LogP contribution < -0.4 is 26.0 Å². The minimum absolute atomic E-state index is 0.0978. The maximum absolute atomic E-state index is 12.5. The second-order valence-corrected chi connectivity index (χ2v) is 7.18. The fourth-order valence-electron chi connectivity index (χ4n) is 2.88. The molecule has 3 rings (SSSR count). The molecule has 0 bridgehead atoms. The van der Waals surface area contributed by atoms with Gasteiger partial charge in [-0.2, -0.15) is 0 Å². The van der Waals surface area contributed by atoms with Gasteiger partial charge >= 0.3 is 5.91 Å². The highest BCUT2D eigenvalue weighted by Gasteiger charge is 2.31. The first kappa shape index (κ1) is 21.8. The molecule has 0 saturated carbocycles.